The van der Waals surface area contributed by atoms with E-state index in [1.54, 1.807) is 6.20 Å². The normalized spacial score (nSPS) is 14.9. The van der Waals surface area contributed by atoms with Crippen molar-refractivity contribution >= 4 is 39.0 Å². The number of carbonyl (C=O) groups excluding carboxylic acids is 1. The number of pyridine rings is 1. The van der Waals surface area contributed by atoms with Gasteiger partial charge in [-0.3, -0.25) is 14.5 Å². The Hall–Kier alpha value is -2.58. The standard InChI is InChI=1S/C22H24N4O2S2/c1-14-18(5-4-12-23-14)15-6-8-16(9-7-15)24-20(27)22(2,3)19-13-29-21(25-19)26-30(28)17-10-11-17/h4-9,12-13,17H,10-11H2,1-3H3,(H,24,27)(H,25,26). The van der Waals surface area contributed by atoms with Crippen LogP contribution in [0.4, 0.5) is 10.8 Å². The zero-order chi connectivity index (χ0) is 21.3. The van der Waals surface area contributed by atoms with Crippen molar-refractivity contribution in [1.82, 2.24) is 9.97 Å². The lowest BCUT2D eigenvalue weighted by Crippen LogP contribution is -2.35. The predicted molar refractivity (Wildman–Crippen MR) is 123 cm³/mol. The number of aromatic nitrogens is 2. The smallest absolute Gasteiger partial charge is 0.236 e. The maximum atomic E-state index is 13.0. The Bertz CT molecular complexity index is 1090. The summed E-state index contributed by atoms with van der Waals surface area (Å²) in [6.07, 6.45) is 3.76. The number of hydrogen-bond acceptors (Lipinski definition) is 5. The first-order valence-electron chi connectivity index (χ1n) is 9.81. The van der Waals surface area contributed by atoms with E-state index >= 15 is 0 Å². The molecule has 1 atom stereocenters. The fraction of sp³-hybridized carbons (Fsp3) is 0.318. The molecule has 6 nitrogen and oxygen atoms in total. The van der Waals surface area contributed by atoms with Gasteiger partial charge in [0.2, 0.25) is 5.91 Å². The number of hydrogen-bond donors (Lipinski definition) is 2. The van der Waals surface area contributed by atoms with Gasteiger partial charge < -0.3 is 5.32 Å². The van der Waals surface area contributed by atoms with Gasteiger partial charge in [-0.05, 0) is 57.4 Å². The highest BCUT2D eigenvalue weighted by Crippen LogP contribution is 2.32. The molecule has 0 aliphatic heterocycles. The Morgan fingerprint density at radius 1 is 1.20 bits per heavy atom. The molecule has 1 saturated carbocycles. The monoisotopic (exact) mass is 440 g/mol. The fourth-order valence-corrected chi connectivity index (χ4v) is 5.09. The van der Waals surface area contributed by atoms with Gasteiger partial charge in [-0.1, -0.05) is 18.2 Å². The van der Waals surface area contributed by atoms with Crippen molar-refractivity contribution in [2.45, 2.75) is 44.3 Å². The molecular formula is C22H24N4O2S2. The van der Waals surface area contributed by atoms with E-state index in [-0.39, 0.29) is 11.2 Å². The van der Waals surface area contributed by atoms with Gasteiger partial charge in [0, 0.05) is 28.5 Å². The van der Waals surface area contributed by atoms with Gasteiger partial charge in [0.05, 0.1) is 16.4 Å². The third-order valence-electron chi connectivity index (χ3n) is 5.19. The highest BCUT2D eigenvalue weighted by atomic mass is 32.2. The fourth-order valence-electron chi connectivity index (χ4n) is 2.99. The first-order chi connectivity index (χ1) is 14.3. The maximum Gasteiger partial charge on any atom is 0.236 e. The Labute approximate surface area is 182 Å². The second kappa shape index (κ2) is 8.28. The number of rotatable bonds is 7. The Morgan fingerprint density at radius 3 is 2.60 bits per heavy atom. The van der Waals surface area contributed by atoms with Crippen molar-refractivity contribution in [3.8, 4) is 11.1 Å². The highest BCUT2D eigenvalue weighted by molar-refractivity contribution is 7.87. The third kappa shape index (κ3) is 4.44. The van der Waals surface area contributed by atoms with Crippen LogP contribution in [0, 0.1) is 6.92 Å². The molecule has 30 heavy (non-hydrogen) atoms. The van der Waals surface area contributed by atoms with Crippen LogP contribution >= 0.6 is 11.3 Å². The molecular weight excluding hydrogens is 416 g/mol. The molecule has 8 heteroatoms. The number of benzene rings is 1. The predicted octanol–water partition coefficient (Wildman–Crippen LogP) is 4.67. The van der Waals surface area contributed by atoms with E-state index in [0.29, 0.717) is 10.8 Å². The van der Waals surface area contributed by atoms with Crippen LogP contribution in [0.25, 0.3) is 11.1 Å². The summed E-state index contributed by atoms with van der Waals surface area (Å²) in [5, 5.41) is 5.65. The first kappa shape index (κ1) is 20.7. The van der Waals surface area contributed by atoms with Crippen LogP contribution in [0.15, 0.2) is 48.0 Å². The second-order valence-electron chi connectivity index (χ2n) is 7.93. The van der Waals surface area contributed by atoms with Crippen molar-refractivity contribution < 1.29 is 9.00 Å². The van der Waals surface area contributed by atoms with Gasteiger partial charge in [0.25, 0.3) is 0 Å². The Balaban J connectivity index is 1.44. The molecule has 1 aliphatic carbocycles. The molecule has 0 spiro atoms. The van der Waals surface area contributed by atoms with E-state index in [1.807, 2.05) is 62.5 Å². The largest absolute Gasteiger partial charge is 0.325 e. The SMILES string of the molecule is Cc1ncccc1-c1ccc(NC(=O)C(C)(C)c2csc(NS(=O)C3CC3)n2)cc1. The summed E-state index contributed by atoms with van der Waals surface area (Å²) in [7, 11) is -1.09. The molecule has 1 unspecified atom stereocenters. The molecule has 1 aliphatic rings. The molecule has 3 aromatic rings. The Kier molecular flexibility index (Phi) is 5.71. The molecule has 0 radical (unpaired) electrons. The summed E-state index contributed by atoms with van der Waals surface area (Å²) in [6.45, 7) is 5.66. The summed E-state index contributed by atoms with van der Waals surface area (Å²) in [4.78, 5) is 21.8. The number of thiazole rings is 1. The van der Waals surface area contributed by atoms with Crippen LogP contribution in [0.1, 0.15) is 38.1 Å². The number of anilines is 2. The minimum absolute atomic E-state index is 0.145. The average molecular weight is 441 g/mol. The van der Waals surface area contributed by atoms with E-state index in [9.17, 15) is 9.00 Å². The summed E-state index contributed by atoms with van der Waals surface area (Å²) in [5.41, 5.74) is 3.64. The average Bonchev–Trinajstić information content (AvgIpc) is 3.48. The minimum atomic E-state index is -1.09. The van der Waals surface area contributed by atoms with Gasteiger partial charge in [-0.2, -0.15) is 0 Å². The van der Waals surface area contributed by atoms with Crippen LogP contribution in [0.2, 0.25) is 0 Å². The second-order valence-corrected chi connectivity index (χ2v) is 10.3. The molecule has 2 aromatic heterocycles. The number of nitrogens with one attached hydrogen (secondary N) is 2. The molecule has 1 fully saturated rings. The molecule has 1 amide bonds. The van der Waals surface area contributed by atoms with E-state index in [1.165, 1.54) is 11.3 Å². The zero-order valence-electron chi connectivity index (χ0n) is 17.1. The number of aryl methyl sites for hydroxylation is 1. The number of nitrogens with zero attached hydrogens (tertiary/aromatic N) is 2. The summed E-state index contributed by atoms with van der Waals surface area (Å²) < 4.78 is 15.0. The third-order valence-corrected chi connectivity index (χ3v) is 7.55. The maximum absolute atomic E-state index is 13.0. The van der Waals surface area contributed by atoms with Gasteiger partial charge in [-0.15, -0.1) is 11.3 Å². The quantitative estimate of drug-likeness (QED) is 0.559. The molecule has 1 aromatic carbocycles. The van der Waals surface area contributed by atoms with Gasteiger partial charge in [0.15, 0.2) is 5.13 Å². The highest BCUT2D eigenvalue weighted by Gasteiger charge is 2.33. The van der Waals surface area contributed by atoms with Crippen LogP contribution in [0.5, 0.6) is 0 Å². The molecule has 2 heterocycles. The molecule has 2 N–H and O–H groups in total. The summed E-state index contributed by atoms with van der Waals surface area (Å²) >= 11 is 1.37. The number of amides is 1. The number of carbonyl (C=O) groups is 1. The van der Waals surface area contributed by atoms with E-state index in [0.717, 1.165) is 35.3 Å². The van der Waals surface area contributed by atoms with Crippen LogP contribution in [-0.2, 0) is 21.2 Å². The zero-order valence-corrected chi connectivity index (χ0v) is 18.8. The van der Waals surface area contributed by atoms with Crippen molar-refractivity contribution in [3.05, 3.63) is 59.4 Å². The van der Waals surface area contributed by atoms with E-state index in [2.05, 4.69) is 20.0 Å². The van der Waals surface area contributed by atoms with E-state index < -0.39 is 16.4 Å². The van der Waals surface area contributed by atoms with Gasteiger partial charge in [0.1, 0.15) is 11.0 Å². The topological polar surface area (TPSA) is 84.0 Å². The molecule has 4 rings (SSSR count). The molecule has 0 saturated heterocycles. The lowest BCUT2D eigenvalue weighted by molar-refractivity contribution is -0.120. The van der Waals surface area contributed by atoms with E-state index in [4.69, 9.17) is 0 Å². The summed E-state index contributed by atoms with van der Waals surface area (Å²) in [6, 6.07) is 11.7. The lowest BCUT2D eigenvalue weighted by atomic mass is 9.89. The van der Waals surface area contributed by atoms with Crippen molar-refractivity contribution in [2.24, 2.45) is 0 Å². The van der Waals surface area contributed by atoms with Crippen LogP contribution < -0.4 is 10.0 Å². The Morgan fingerprint density at radius 2 is 1.93 bits per heavy atom. The lowest BCUT2D eigenvalue weighted by Gasteiger charge is -2.21. The van der Waals surface area contributed by atoms with Gasteiger partial charge in [-0.25, -0.2) is 9.19 Å². The van der Waals surface area contributed by atoms with Crippen molar-refractivity contribution in [2.75, 3.05) is 10.0 Å². The van der Waals surface area contributed by atoms with Crippen LogP contribution in [0.3, 0.4) is 0 Å². The van der Waals surface area contributed by atoms with Crippen LogP contribution in [-0.4, -0.2) is 25.3 Å². The van der Waals surface area contributed by atoms with Crippen molar-refractivity contribution in [1.29, 1.82) is 0 Å². The summed E-state index contributed by atoms with van der Waals surface area (Å²) in [5.74, 6) is -0.145. The molecule has 156 valence electrons. The minimum Gasteiger partial charge on any atom is -0.325 e. The van der Waals surface area contributed by atoms with Crippen molar-refractivity contribution in [3.63, 3.8) is 0 Å². The first-order valence-corrected chi connectivity index (χ1v) is 11.9. The molecule has 0 bridgehead atoms. The van der Waals surface area contributed by atoms with Gasteiger partial charge >= 0.3 is 0 Å².